The van der Waals surface area contributed by atoms with Gasteiger partial charge in [-0.15, -0.1) is 0 Å². The zero-order chi connectivity index (χ0) is 21.3. The highest BCUT2D eigenvalue weighted by atomic mass is 16.5. The number of rotatable bonds is 9. The van der Waals surface area contributed by atoms with Gasteiger partial charge in [0.05, 0.1) is 27.7 Å². The Morgan fingerprint density at radius 3 is 1.97 bits per heavy atom. The number of carbonyl (C=O) groups is 1. The van der Waals surface area contributed by atoms with Crippen LogP contribution in [0.15, 0.2) is 84.9 Å². The molecule has 30 heavy (non-hydrogen) atoms. The van der Waals surface area contributed by atoms with E-state index in [1.54, 1.807) is 7.11 Å². The van der Waals surface area contributed by atoms with Gasteiger partial charge in [-0.25, -0.2) is 0 Å². The molecule has 0 bridgehead atoms. The molecular weight excluding hydrogens is 372 g/mol. The molecule has 1 amide bonds. The summed E-state index contributed by atoms with van der Waals surface area (Å²) in [5.74, 6) is 0.925. The third-order valence-corrected chi connectivity index (χ3v) is 5.49. The maximum atomic E-state index is 12.9. The zero-order valence-electron chi connectivity index (χ0n) is 18.0. The molecule has 0 saturated heterocycles. The first-order chi connectivity index (χ1) is 14.6. The van der Waals surface area contributed by atoms with E-state index in [-0.39, 0.29) is 17.9 Å². The molecule has 0 aliphatic carbocycles. The van der Waals surface area contributed by atoms with Crippen LogP contribution in [0.3, 0.4) is 0 Å². The number of hydrogen-bond acceptors (Lipinski definition) is 2. The molecule has 3 aromatic carbocycles. The number of nitrogens with one attached hydrogen (secondary N) is 2. The maximum Gasteiger partial charge on any atom is 0.221 e. The SMILES string of the molecule is COc1cccc([C@@H](CNC(=O)CC(c2ccccc2)c2ccccc2)[NH+](C)C)c1. The molecule has 0 unspecified atom stereocenters. The number of likely N-dealkylation sites (N-methyl/N-ethyl adjacent to an activating group) is 1. The first-order valence-electron chi connectivity index (χ1n) is 10.4. The molecule has 1 atom stereocenters. The van der Waals surface area contributed by atoms with Crippen molar-refractivity contribution >= 4 is 5.91 Å². The van der Waals surface area contributed by atoms with Crippen LogP contribution in [-0.4, -0.2) is 33.7 Å². The standard InChI is InChI=1S/C26H30N2O2/c1-28(2)25(22-15-10-16-23(17-22)30-3)19-27-26(29)18-24(20-11-6-4-7-12-20)21-13-8-5-9-14-21/h4-17,24-25H,18-19H2,1-3H3,(H,27,29)/p+1/t25-/m1/s1. The first-order valence-corrected chi connectivity index (χ1v) is 10.4. The van der Waals surface area contributed by atoms with Gasteiger partial charge in [-0.2, -0.15) is 0 Å². The Bertz CT molecular complexity index is 887. The van der Waals surface area contributed by atoms with E-state index in [0.717, 1.165) is 22.4 Å². The van der Waals surface area contributed by atoms with Crippen molar-refractivity contribution < 1.29 is 14.4 Å². The number of quaternary nitrogens is 1. The van der Waals surface area contributed by atoms with Crippen molar-refractivity contribution in [3.05, 3.63) is 102 Å². The van der Waals surface area contributed by atoms with E-state index >= 15 is 0 Å². The molecule has 0 aliphatic rings. The molecule has 0 radical (unpaired) electrons. The van der Waals surface area contributed by atoms with Crippen LogP contribution in [0.4, 0.5) is 0 Å². The predicted octanol–water partition coefficient (Wildman–Crippen LogP) is 3.22. The van der Waals surface area contributed by atoms with Gasteiger partial charge in [0.1, 0.15) is 11.8 Å². The van der Waals surface area contributed by atoms with Crippen molar-refractivity contribution in [2.75, 3.05) is 27.7 Å². The molecule has 3 aromatic rings. The van der Waals surface area contributed by atoms with E-state index in [9.17, 15) is 4.79 Å². The quantitative estimate of drug-likeness (QED) is 0.576. The Morgan fingerprint density at radius 1 is 0.867 bits per heavy atom. The number of amides is 1. The lowest BCUT2D eigenvalue weighted by Gasteiger charge is -2.23. The van der Waals surface area contributed by atoms with E-state index in [0.29, 0.717) is 13.0 Å². The Hall–Kier alpha value is -3.11. The number of ether oxygens (including phenoxy) is 1. The minimum atomic E-state index is 0.0365. The molecule has 0 heterocycles. The van der Waals surface area contributed by atoms with Gasteiger partial charge in [-0.3, -0.25) is 4.79 Å². The van der Waals surface area contributed by atoms with Crippen molar-refractivity contribution in [2.24, 2.45) is 0 Å². The average Bonchev–Trinajstić information content (AvgIpc) is 2.78. The largest absolute Gasteiger partial charge is 0.497 e. The van der Waals surface area contributed by atoms with E-state index in [4.69, 9.17) is 4.74 Å². The molecule has 2 N–H and O–H groups in total. The average molecular weight is 404 g/mol. The Kier molecular flexibility index (Phi) is 7.63. The molecule has 3 rings (SSSR count). The summed E-state index contributed by atoms with van der Waals surface area (Å²) in [4.78, 5) is 14.2. The summed E-state index contributed by atoms with van der Waals surface area (Å²) in [6.45, 7) is 0.574. The van der Waals surface area contributed by atoms with Gasteiger partial charge in [0.15, 0.2) is 0 Å². The summed E-state index contributed by atoms with van der Waals surface area (Å²) in [6, 6.07) is 28.7. The van der Waals surface area contributed by atoms with Gasteiger partial charge >= 0.3 is 0 Å². The highest BCUT2D eigenvalue weighted by molar-refractivity contribution is 5.77. The predicted molar refractivity (Wildman–Crippen MR) is 121 cm³/mol. The maximum absolute atomic E-state index is 12.9. The lowest BCUT2D eigenvalue weighted by Crippen LogP contribution is -3.07. The van der Waals surface area contributed by atoms with Crippen molar-refractivity contribution in [1.82, 2.24) is 5.32 Å². The molecular formula is C26H31N2O2+. The summed E-state index contributed by atoms with van der Waals surface area (Å²) in [5.41, 5.74) is 3.46. The van der Waals surface area contributed by atoms with Crippen LogP contribution in [-0.2, 0) is 4.79 Å². The van der Waals surface area contributed by atoms with E-state index < -0.39 is 0 Å². The topological polar surface area (TPSA) is 42.8 Å². The van der Waals surface area contributed by atoms with Crippen LogP contribution in [0.1, 0.15) is 35.1 Å². The highest BCUT2D eigenvalue weighted by Crippen LogP contribution is 2.27. The molecule has 0 aromatic heterocycles. The van der Waals surface area contributed by atoms with Crippen LogP contribution in [0.25, 0.3) is 0 Å². The summed E-state index contributed by atoms with van der Waals surface area (Å²) in [5, 5.41) is 3.17. The third kappa shape index (κ3) is 5.71. The lowest BCUT2D eigenvalue weighted by molar-refractivity contribution is -0.890. The fraction of sp³-hybridized carbons (Fsp3) is 0.269. The summed E-state index contributed by atoms with van der Waals surface area (Å²) in [6.07, 6.45) is 0.418. The van der Waals surface area contributed by atoms with Gasteiger partial charge in [0, 0.05) is 17.9 Å². The Balaban J connectivity index is 1.71. The summed E-state index contributed by atoms with van der Waals surface area (Å²) < 4.78 is 5.36. The number of carbonyl (C=O) groups excluding carboxylic acids is 1. The first kappa shape index (κ1) is 21.6. The van der Waals surface area contributed by atoms with Crippen molar-refractivity contribution in [3.8, 4) is 5.75 Å². The van der Waals surface area contributed by atoms with Crippen molar-refractivity contribution in [1.29, 1.82) is 0 Å². The monoisotopic (exact) mass is 403 g/mol. The second-order valence-corrected chi connectivity index (χ2v) is 7.79. The molecule has 0 saturated carbocycles. The lowest BCUT2D eigenvalue weighted by atomic mass is 9.88. The molecule has 156 valence electrons. The van der Waals surface area contributed by atoms with Gasteiger partial charge < -0.3 is 15.0 Å². The van der Waals surface area contributed by atoms with Crippen LogP contribution in [0.5, 0.6) is 5.75 Å². The molecule has 4 nitrogen and oxygen atoms in total. The van der Waals surface area contributed by atoms with Crippen molar-refractivity contribution in [2.45, 2.75) is 18.4 Å². The minimum Gasteiger partial charge on any atom is -0.497 e. The number of hydrogen-bond donors (Lipinski definition) is 2. The van der Waals surface area contributed by atoms with Crippen LogP contribution in [0, 0.1) is 0 Å². The Labute approximate surface area is 179 Å². The van der Waals surface area contributed by atoms with Crippen LogP contribution in [0.2, 0.25) is 0 Å². The van der Waals surface area contributed by atoms with Crippen LogP contribution >= 0.6 is 0 Å². The smallest absolute Gasteiger partial charge is 0.221 e. The molecule has 4 heteroatoms. The number of methoxy groups -OCH3 is 1. The molecule has 0 aliphatic heterocycles. The highest BCUT2D eigenvalue weighted by Gasteiger charge is 2.22. The fourth-order valence-corrected chi connectivity index (χ4v) is 3.79. The van der Waals surface area contributed by atoms with Crippen molar-refractivity contribution in [3.63, 3.8) is 0 Å². The second-order valence-electron chi connectivity index (χ2n) is 7.79. The molecule has 0 spiro atoms. The van der Waals surface area contributed by atoms with E-state index in [1.807, 2.05) is 54.6 Å². The van der Waals surface area contributed by atoms with Gasteiger partial charge in [-0.1, -0.05) is 72.8 Å². The van der Waals surface area contributed by atoms with Gasteiger partial charge in [0.2, 0.25) is 5.91 Å². The van der Waals surface area contributed by atoms with Gasteiger partial charge in [-0.05, 0) is 23.3 Å². The summed E-state index contributed by atoms with van der Waals surface area (Å²) >= 11 is 0. The Morgan fingerprint density at radius 2 is 1.43 bits per heavy atom. The minimum absolute atomic E-state index is 0.0365. The van der Waals surface area contributed by atoms with E-state index in [1.165, 1.54) is 4.90 Å². The molecule has 0 fully saturated rings. The fourth-order valence-electron chi connectivity index (χ4n) is 3.79. The second kappa shape index (κ2) is 10.6. The normalized spacial score (nSPS) is 12.0. The van der Waals surface area contributed by atoms with Crippen LogP contribution < -0.4 is 15.0 Å². The summed E-state index contributed by atoms with van der Waals surface area (Å²) in [7, 11) is 5.88. The third-order valence-electron chi connectivity index (χ3n) is 5.49. The zero-order valence-corrected chi connectivity index (χ0v) is 18.0. The van der Waals surface area contributed by atoms with E-state index in [2.05, 4.69) is 49.7 Å². The van der Waals surface area contributed by atoms with Gasteiger partial charge in [0.25, 0.3) is 0 Å². The number of benzene rings is 3.